The van der Waals surface area contributed by atoms with Gasteiger partial charge < -0.3 is 9.84 Å². The molecule has 19 heavy (non-hydrogen) atoms. The third-order valence-electron chi connectivity index (χ3n) is 4.70. The van der Waals surface area contributed by atoms with E-state index in [-0.39, 0.29) is 12.0 Å². The van der Waals surface area contributed by atoms with Crippen molar-refractivity contribution in [1.29, 1.82) is 0 Å². The van der Waals surface area contributed by atoms with Crippen LogP contribution in [0.2, 0.25) is 0 Å². The lowest BCUT2D eigenvalue weighted by Crippen LogP contribution is -2.43. The fourth-order valence-corrected chi connectivity index (χ4v) is 3.48. The zero-order valence-corrected chi connectivity index (χ0v) is 12.0. The molecule has 2 aliphatic rings. The highest BCUT2D eigenvalue weighted by Gasteiger charge is 2.37. The number of likely N-dealkylation sites (N-methyl/N-ethyl adjacent to an activating group) is 1. The second-order valence-corrected chi connectivity index (χ2v) is 6.20. The zero-order chi connectivity index (χ0) is 13.7. The smallest absolute Gasteiger partial charge is 0.310 e. The molecule has 1 saturated heterocycles. The van der Waals surface area contributed by atoms with Gasteiger partial charge in [-0.25, -0.2) is 0 Å². The summed E-state index contributed by atoms with van der Waals surface area (Å²) in [5, 5.41) is 9.21. The summed E-state index contributed by atoms with van der Waals surface area (Å²) in [6, 6.07) is 0.0583. The first-order valence-electron chi connectivity index (χ1n) is 7.69. The molecule has 110 valence electrons. The van der Waals surface area contributed by atoms with Gasteiger partial charge in [0, 0.05) is 12.6 Å². The van der Waals surface area contributed by atoms with E-state index in [1.54, 1.807) is 0 Å². The van der Waals surface area contributed by atoms with Gasteiger partial charge >= 0.3 is 5.97 Å². The minimum Gasteiger partial charge on any atom is -0.481 e. The van der Waals surface area contributed by atoms with Crippen LogP contribution in [0.15, 0.2) is 0 Å². The normalized spacial score (nSPS) is 30.2. The van der Waals surface area contributed by atoms with Crippen molar-refractivity contribution < 1.29 is 14.6 Å². The van der Waals surface area contributed by atoms with E-state index in [0.717, 1.165) is 12.5 Å². The summed E-state index contributed by atoms with van der Waals surface area (Å²) >= 11 is 0. The Morgan fingerprint density at radius 3 is 2.42 bits per heavy atom. The van der Waals surface area contributed by atoms with Crippen molar-refractivity contribution in [2.75, 3.05) is 26.8 Å². The van der Waals surface area contributed by atoms with E-state index in [4.69, 9.17) is 4.74 Å². The molecule has 1 aliphatic heterocycles. The predicted octanol–water partition coefficient (Wildman–Crippen LogP) is 2.38. The molecular formula is C15H27NO3. The zero-order valence-electron chi connectivity index (χ0n) is 12.0. The van der Waals surface area contributed by atoms with Crippen LogP contribution in [-0.4, -0.2) is 48.8 Å². The van der Waals surface area contributed by atoms with E-state index in [0.29, 0.717) is 13.2 Å². The predicted molar refractivity (Wildman–Crippen MR) is 74.2 cm³/mol. The van der Waals surface area contributed by atoms with Gasteiger partial charge in [0.25, 0.3) is 0 Å². The molecular weight excluding hydrogens is 242 g/mol. The van der Waals surface area contributed by atoms with Gasteiger partial charge in [-0.15, -0.1) is 0 Å². The average Bonchev–Trinajstić information content (AvgIpc) is 2.81. The Hall–Kier alpha value is -0.610. The highest BCUT2D eigenvalue weighted by atomic mass is 16.5. The number of aliphatic carboxylic acids is 1. The Labute approximate surface area is 116 Å². The molecule has 0 spiro atoms. The maximum absolute atomic E-state index is 11.2. The number of rotatable bonds is 4. The first-order valence-corrected chi connectivity index (χ1v) is 7.69. The summed E-state index contributed by atoms with van der Waals surface area (Å²) in [5.74, 6) is -0.328. The average molecular weight is 269 g/mol. The third kappa shape index (κ3) is 4.18. The van der Waals surface area contributed by atoms with Crippen LogP contribution in [0.3, 0.4) is 0 Å². The monoisotopic (exact) mass is 269 g/mol. The Balaban J connectivity index is 1.84. The van der Waals surface area contributed by atoms with E-state index in [1.165, 1.54) is 44.9 Å². The van der Waals surface area contributed by atoms with Crippen LogP contribution in [-0.2, 0) is 9.53 Å². The number of hydrogen-bond acceptors (Lipinski definition) is 3. The minimum absolute atomic E-state index is 0.0583. The molecule has 1 N–H and O–H groups in total. The Morgan fingerprint density at radius 1 is 1.16 bits per heavy atom. The van der Waals surface area contributed by atoms with Crippen LogP contribution in [0.25, 0.3) is 0 Å². The lowest BCUT2D eigenvalue weighted by Gasteiger charge is -2.31. The number of carboxylic acids is 1. The van der Waals surface area contributed by atoms with Crippen LogP contribution >= 0.6 is 0 Å². The topological polar surface area (TPSA) is 49.8 Å². The molecule has 1 aliphatic carbocycles. The standard InChI is InChI=1S/C15H27NO3/c1-16(14-11-19-10-13(14)15(17)18)9-12-7-5-3-2-4-6-8-12/h12-14H,2-11H2,1H3,(H,17,18). The molecule has 0 aromatic carbocycles. The van der Waals surface area contributed by atoms with Crippen molar-refractivity contribution in [3.8, 4) is 0 Å². The molecule has 0 aromatic rings. The number of carboxylic acid groups (broad SMARTS) is 1. The molecule has 0 amide bonds. The number of hydrogen-bond donors (Lipinski definition) is 1. The maximum Gasteiger partial charge on any atom is 0.310 e. The SMILES string of the molecule is CN(CC1CCCCCCC1)C1COCC1C(=O)O. The summed E-state index contributed by atoms with van der Waals surface area (Å²) in [7, 11) is 2.06. The quantitative estimate of drug-likeness (QED) is 0.851. The van der Waals surface area contributed by atoms with Gasteiger partial charge in [-0.1, -0.05) is 32.1 Å². The second-order valence-electron chi connectivity index (χ2n) is 6.20. The van der Waals surface area contributed by atoms with Gasteiger partial charge in [-0.3, -0.25) is 9.69 Å². The van der Waals surface area contributed by atoms with Crippen LogP contribution in [0.5, 0.6) is 0 Å². The summed E-state index contributed by atoms with van der Waals surface area (Å²) in [6.07, 6.45) is 9.39. The van der Waals surface area contributed by atoms with Crippen molar-refractivity contribution in [2.24, 2.45) is 11.8 Å². The van der Waals surface area contributed by atoms with E-state index >= 15 is 0 Å². The highest BCUT2D eigenvalue weighted by Crippen LogP contribution is 2.25. The van der Waals surface area contributed by atoms with Crippen LogP contribution in [0.1, 0.15) is 44.9 Å². The van der Waals surface area contributed by atoms with Gasteiger partial charge in [0.1, 0.15) is 0 Å². The first kappa shape index (κ1) is 14.8. The fraction of sp³-hybridized carbons (Fsp3) is 0.933. The highest BCUT2D eigenvalue weighted by molar-refractivity contribution is 5.71. The summed E-state index contributed by atoms with van der Waals surface area (Å²) in [6.45, 7) is 1.97. The van der Waals surface area contributed by atoms with Crippen molar-refractivity contribution in [3.05, 3.63) is 0 Å². The summed E-state index contributed by atoms with van der Waals surface area (Å²) in [5.41, 5.74) is 0. The lowest BCUT2D eigenvalue weighted by molar-refractivity contribution is -0.143. The van der Waals surface area contributed by atoms with Gasteiger partial charge in [0.15, 0.2) is 0 Å². The largest absolute Gasteiger partial charge is 0.481 e. The van der Waals surface area contributed by atoms with Crippen molar-refractivity contribution in [3.63, 3.8) is 0 Å². The number of nitrogens with zero attached hydrogens (tertiary/aromatic N) is 1. The van der Waals surface area contributed by atoms with Crippen LogP contribution in [0.4, 0.5) is 0 Å². The molecule has 1 saturated carbocycles. The Morgan fingerprint density at radius 2 is 1.79 bits per heavy atom. The van der Waals surface area contributed by atoms with Gasteiger partial charge in [0.05, 0.1) is 19.1 Å². The molecule has 2 fully saturated rings. The molecule has 0 aromatic heterocycles. The first-order chi connectivity index (χ1) is 9.18. The number of ether oxygens (including phenoxy) is 1. The molecule has 1 heterocycles. The maximum atomic E-state index is 11.2. The molecule has 0 bridgehead atoms. The molecule has 2 unspecified atom stereocenters. The van der Waals surface area contributed by atoms with E-state index in [9.17, 15) is 9.90 Å². The lowest BCUT2D eigenvalue weighted by atomic mass is 9.90. The van der Waals surface area contributed by atoms with Gasteiger partial charge in [-0.05, 0) is 25.8 Å². The Kier molecular flexibility index (Phi) is 5.64. The van der Waals surface area contributed by atoms with Crippen LogP contribution < -0.4 is 0 Å². The van der Waals surface area contributed by atoms with Crippen molar-refractivity contribution in [2.45, 2.75) is 51.0 Å². The fourth-order valence-electron chi connectivity index (χ4n) is 3.48. The third-order valence-corrected chi connectivity index (χ3v) is 4.70. The summed E-state index contributed by atoms with van der Waals surface area (Å²) in [4.78, 5) is 13.4. The molecule has 0 radical (unpaired) electrons. The van der Waals surface area contributed by atoms with Gasteiger partial charge in [-0.2, -0.15) is 0 Å². The second kappa shape index (κ2) is 7.25. The number of carbonyl (C=O) groups is 1. The molecule has 4 heteroatoms. The van der Waals surface area contributed by atoms with Crippen LogP contribution in [0, 0.1) is 11.8 Å². The molecule has 2 atom stereocenters. The van der Waals surface area contributed by atoms with Crippen molar-refractivity contribution >= 4 is 5.97 Å². The van der Waals surface area contributed by atoms with Gasteiger partial charge in [0.2, 0.25) is 0 Å². The van der Waals surface area contributed by atoms with E-state index < -0.39 is 5.97 Å². The van der Waals surface area contributed by atoms with Crippen molar-refractivity contribution in [1.82, 2.24) is 4.90 Å². The minimum atomic E-state index is -0.716. The van der Waals surface area contributed by atoms with E-state index in [2.05, 4.69) is 11.9 Å². The Bertz CT molecular complexity index is 287. The van der Waals surface area contributed by atoms with E-state index in [1.807, 2.05) is 0 Å². The molecule has 2 rings (SSSR count). The summed E-state index contributed by atoms with van der Waals surface area (Å²) < 4.78 is 5.36. The molecule has 4 nitrogen and oxygen atoms in total.